The molecule has 1 aliphatic heterocycles. The lowest BCUT2D eigenvalue weighted by molar-refractivity contribution is 0.0917. The fraction of sp³-hybridized carbons (Fsp3) is 0.533. The maximum atomic E-state index is 12.2. The molecule has 5 heteroatoms. The minimum Gasteiger partial charge on any atom is -0.507 e. The van der Waals surface area contributed by atoms with Crippen molar-refractivity contribution < 1.29 is 14.6 Å². The number of carbonyl (C=O) groups excluding carboxylic acids is 1. The molecule has 0 spiro atoms. The van der Waals surface area contributed by atoms with Gasteiger partial charge in [0.1, 0.15) is 11.5 Å². The van der Waals surface area contributed by atoms with Crippen LogP contribution in [0.4, 0.5) is 0 Å². The molecule has 0 aliphatic carbocycles. The largest absolute Gasteiger partial charge is 0.507 e. The third kappa shape index (κ3) is 3.42. The summed E-state index contributed by atoms with van der Waals surface area (Å²) < 4.78 is 5.08. The van der Waals surface area contributed by atoms with Gasteiger partial charge in [-0.05, 0) is 57.0 Å². The third-order valence-electron chi connectivity index (χ3n) is 3.90. The number of nitrogens with one attached hydrogen (secondary N) is 2. The van der Waals surface area contributed by atoms with Crippen molar-refractivity contribution in [3.8, 4) is 11.5 Å². The molecule has 1 unspecified atom stereocenters. The number of aromatic hydroxyl groups is 1. The number of hydrogen-bond donors (Lipinski definition) is 3. The van der Waals surface area contributed by atoms with Gasteiger partial charge in [-0.3, -0.25) is 4.79 Å². The molecular weight excluding hydrogens is 256 g/mol. The van der Waals surface area contributed by atoms with Crippen molar-refractivity contribution in [1.29, 1.82) is 0 Å². The lowest BCUT2D eigenvalue weighted by atomic mass is 9.91. The van der Waals surface area contributed by atoms with Gasteiger partial charge in [0.2, 0.25) is 0 Å². The van der Waals surface area contributed by atoms with Crippen LogP contribution in [0.1, 0.15) is 30.1 Å². The standard InChI is InChI=1S/C15H22N2O3/c1-10(11-5-7-16-8-6-11)17-15(19)13-9-12(20-2)3-4-14(13)18/h3-4,9-11,16,18H,5-8H2,1-2H3,(H,17,19). The van der Waals surface area contributed by atoms with Crippen molar-refractivity contribution in [3.05, 3.63) is 23.8 Å². The van der Waals surface area contributed by atoms with Crippen molar-refractivity contribution in [3.63, 3.8) is 0 Å². The molecule has 1 amide bonds. The monoisotopic (exact) mass is 278 g/mol. The molecule has 110 valence electrons. The van der Waals surface area contributed by atoms with Gasteiger partial charge >= 0.3 is 0 Å². The number of ether oxygens (including phenoxy) is 1. The van der Waals surface area contributed by atoms with E-state index in [2.05, 4.69) is 10.6 Å². The van der Waals surface area contributed by atoms with Gasteiger partial charge in [0, 0.05) is 6.04 Å². The van der Waals surface area contributed by atoms with Gasteiger partial charge in [0.15, 0.2) is 0 Å². The fourth-order valence-corrected chi connectivity index (χ4v) is 2.57. The summed E-state index contributed by atoms with van der Waals surface area (Å²) in [5.41, 5.74) is 0.255. The Morgan fingerprint density at radius 3 is 2.80 bits per heavy atom. The Kier molecular flexibility index (Phi) is 4.84. The van der Waals surface area contributed by atoms with Gasteiger partial charge < -0.3 is 20.5 Å². The van der Waals surface area contributed by atoms with Crippen LogP contribution in [-0.4, -0.2) is 37.3 Å². The summed E-state index contributed by atoms with van der Waals surface area (Å²) in [7, 11) is 1.53. The van der Waals surface area contributed by atoms with E-state index < -0.39 is 0 Å². The number of piperidine rings is 1. The molecule has 1 aliphatic rings. The van der Waals surface area contributed by atoms with Crippen molar-refractivity contribution >= 4 is 5.91 Å². The van der Waals surface area contributed by atoms with Gasteiger partial charge in [-0.2, -0.15) is 0 Å². The van der Waals surface area contributed by atoms with E-state index in [1.54, 1.807) is 12.1 Å². The number of carbonyl (C=O) groups is 1. The minimum absolute atomic E-state index is 0.0270. The van der Waals surface area contributed by atoms with Crippen LogP contribution in [0.5, 0.6) is 11.5 Å². The van der Waals surface area contributed by atoms with E-state index in [-0.39, 0.29) is 23.3 Å². The number of rotatable bonds is 4. The Balaban J connectivity index is 2.03. The van der Waals surface area contributed by atoms with E-state index in [1.807, 2.05) is 6.92 Å². The maximum absolute atomic E-state index is 12.2. The van der Waals surface area contributed by atoms with Crippen molar-refractivity contribution in [2.45, 2.75) is 25.8 Å². The van der Waals surface area contributed by atoms with Gasteiger partial charge in [-0.15, -0.1) is 0 Å². The summed E-state index contributed by atoms with van der Waals surface area (Å²) in [5.74, 6) is 0.753. The second-order valence-corrected chi connectivity index (χ2v) is 5.23. The number of hydrogen-bond acceptors (Lipinski definition) is 4. The summed E-state index contributed by atoms with van der Waals surface area (Å²) in [6.45, 7) is 4.01. The smallest absolute Gasteiger partial charge is 0.255 e. The first-order chi connectivity index (χ1) is 9.61. The van der Waals surface area contributed by atoms with E-state index in [0.717, 1.165) is 25.9 Å². The summed E-state index contributed by atoms with van der Waals surface area (Å²) in [4.78, 5) is 12.2. The molecular formula is C15H22N2O3. The zero-order valence-corrected chi connectivity index (χ0v) is 12.0. The number of amides is 1. The fourth-order valence-electron chi connectivity index (χ4n) is 2.57. The summed E-state index contributed by atoms with van der Waals surface area (Å²) >= 11 is 0. The van der Waals surface area contributed by atoms with E-state index in [4.69, 9.17) is 4.74 Å². The molecule has 3 N–H and O–H groups in total. The zero-order valence-electron chi connectivity index (χ0n) is 12.0. The average molecular weight is 278 g/mol. The lowest BCUT2D eigenvalue weighted by Gasteiger charge is -2.28. The van der Waals surface area contributed by atoms with E-state index >= 15 is 0 Å². The molecule has 20 heavy (non-hydrogen) atoms. The van der Waals surface area contributed by atoms with Gasteiger partial charge in [-0.25, -0.2) is 0 Å². The maximum Gasteiger partial charge on any atom is 0.255 e. The van der Waals surface area contributed by atoms with Crippen LogP contribution in [0.25, 0.3) is 0 Å². The molecule has 0 bridgehead atoms. The molecule has 1 atom stereocenters. The first-order valence-electron chi connectivity index (χ1n) is 7.00. The van der Waals surface area contributed by atoms with Crippen LogP contribution in [0.15, 0.2) is 18.2 Å². The molecule has 0 saturated carbocycles. The van der Waals surface area contributed by atoms with Crippen LogP contribution in [-0.2, 0) is 0 Å². The molecule has 1 aromatic rings. The van der Waals surface area contributed by atoms with Crippen LogP contribution >= 0.6 is 0 Å². The molecule has 2 rings (SSSR count). The summed E-state index contributed by atoms with van der Waals surface area (Å²) in [6.07, 6.45) is 2.12. The van der Waals surface area contributed by atoms with Crippen molar-refractivity contribution in [1.82, 2.24) is 10.6 Å². The molecule has 1 saturated heterocycles. The molecule has 0 radical (unpaired) electrons. The topological polar surface area (TPSA) is 70.6 Å². The Labute approximate surface area is 119 Å². The van der Waals surface area contributed by atoms with Gasteiger partial charge in [-0.1, -0.05) is 0 Å². The van der Waals surface area contributed by atoms with Crippen LogP contribution in [0.2, 0.25) is 0 Å². The van der Waals surface area contributed by atoms with Crippen molar-refractivity contribution in [2.24, 2.45) is 5.92 Å². The third-order valence-corrected chi connectivity index (χ3v) is 3.90. The highest BCUT2D eigenvalue weighted by Gasteiger charge is 2.22. The van der Waals surface area contributed by atoms with Crippen LogP contribution < -0.4 is 15.4 Å². The highest BCUT2D eigenvalue weighted by molar-refractivity contribution is 5.97. The molecule has 0 aromatic heterocycles. The van der Waals surface area contributed by atoms with Crippen LogP contribution in [0.3, 0.4) is 0 Å². The lowest BCUT2D eigenvalue weighted by Crippen LogP contribution is -2.42. The second-order valence-electron chi connectivity index (χ2n) is 5.23. The number of phenols is 1. The van der Waals surface area contributed by atoms with Crippen LogP contribution in [0, 0.1) is 5.92 Å². The molecule has 5 nitrogen and oxygen atoms in total. The Bertz CT molecular complexity index is 470. The average Bonchev–Trinajstić information content (AvgIpc) is 2.48. The number of methoxy groups -OCH3 is 1. The summed E-state index contributed by atoms with van der Waals surface area (Å²) in [5, 5.41) is 16.1. The highest BCUT2D eigenvalue weighted by atomic mass is 16.5. The van der Waals surface area contributed by atoms with E-state index in [9.17, 15) is 9.90 Å². The summed E-state index contributed by atoms with van der Waals surface area (Å²) in [6, 6.07) is 4.75. The van der Waals surface area contributed by atoms with Gasteiger partial charge in [0.05, 0.1) is 12.7 Å². The number of benzene rings is 1. The van der Waals surface area contributed by atoms with Crippen molar-refractivity contribution in [2.75, 3.05) is 20.2 Å². The SMILES string of the molecule is COc1ccc(O)c(C(=O)NC(C)C2CCNCC2)c1. The molecule has 1 heterocycles. The minimum atomic E-state index is -0.257. The Morgan fingerprint density at radius 2 is 2.15 bits per heavy atom. The Morgan fingerprint density at radius 1 is 1.45 bits per heavy atom. The predicted octanol–water partition coefficient (Wildman–Crippen LogP) is 1.52. The first kappa shape index (κ1) is 14.7. The molecule has 1 fully saturated rings. The van der Waals surface area contributed by atoms with E-state index in [0.29, 0.717) is 11.7 Å². The van der Waals surface area contributed by atoms with E-state index in [1.165, 1.54) is 13.2 Å². The quantitative estimate of drug-likeness (QED) is 0.781. The normalized spacial score (nSPS) is 17.5. The number of phenolic OH excluding ortho intramolecular Hbond substituents is 1. The molecule has 1 aromatic carbocycles. The highest BCUT2D eigenvalue weighted by Crippen LogP contribution is 2.23. The zero-order chi connectivity index (χ0) is 14.5. The second kappa shape index (κ2) is 6.61. The predicted molar refractivity (Wildman–Crippen MR) is 77.2 cm³/mol. The Hall–Kier alpha value is -1.75. The first-order valence-corrected chi connectivity index (χ1v) is 7.00. The van der Waals surface area contributed by atoms with Gasteiger partial charge in [0.25, 0.3) is 5.91 Å².